The highest BCUT2D eigenvalue weighted by Gasteiger charge is 2.31. The average Bonchev–Trinajstić information content (AvgIpc) is 2.50. The normalized spacial score (nSPS) is 30.9. The van der Waals surface area contributed by atoms with Crippen LogP contribution in [0.1, 0.15) is 53.4 Å². The minimum Gasteiger partial charge on any atom is -0.300 e. The standard InChI is InChI=1S/C12H26N2/c1-5-7-8-12(6-2)14-10(3)9-13-11(14)4/h10-13H,5-9H2,1-4H3. The first-order chi connectivity index (χ1) is 6.70. The van der Waals surface area contributed by atoms with Gasteiger partial charge in [-0.2, -0.15) is 0 Å². The molecule has 1 N–H and O–H groups in total. The molecule has 3 atom stereocenters. The molecule has 3 unspecified atom stereocenters. The predicted molar refractivity (Wildman–Crippen MR) is 62.4 cm³/mol. The fraction of sp³-hybridized carbons (Fsp3) is 1.00. The van der Waals surface area contributed by atoms with Crippen molar-refractivity contribution in [1.29, 1.82) is 0 Å². The molecular formula is C12H26N2. The van der Waals surface area contributed by atoms with Gasteiger partial charge in [0.05, 0.1) is 6.17 Å². The van der Waals surface area contributed by atoms with E-state index >= 15 is 0 Å². The Bertz CT molecular complexity index is 148. The summed E-state index contributed by atoms with van der Waals surface area (Å²) in [4.78, 5) is 2.66. The summed E-state index contributed by atoms with van der Waals surface area (Å²) in [6, 6.07) is 1.50. The molecule has 2 heteroatoms. The minimum atomic E-state index is 0.576. The van der Waals surface area contributed by atoms with Crippen LogP contribution < -0.4 is 5.32 Å². The van der Waals surface area contributed by atoms with Gasteiger partial charge in [0, 0.05) is 18.6 Å². The number of hydrogen-bond donors (Lipinski definition) is 1. The highest BCUT2D eigenvalue weighted by Crippen LogP contribution is 2.21. The quantitative estimate of drug-likeness (QED) is 0.730. The van der Waals surface area contributed by atoms with Gasteiger partial charge >= 0.3 is 0 Å². The second kappa shape index (κ2) is 5.72. The van der Waals surface area contributed by atoms with E-state index in [0.29, 0.717) is 12.2 Å². The van der Waals surface area contributed by atoms with Crippen molar-refractivity contribution in [1.82, 2.24) is 10.2 Å². The summed E-state index contributed by atoms with van der Waals surface area (Å²) < 4.78 is 0. The zero-order valence-corrected chi connectivity index (χ0v) is 10.2. The summed E-state index contributed by atoms with van der Waals surface area (Å²) in [6.07, 6.45) is 5.92. The van der Waals surface area contributed by atoms with Gasteiger partial charge in [-0.15, -0.1) is 0 Å². The van der Waals surface area contributed by atoms with E-state index in [0.717, 1.165) is 12.6 Å². The van der Waals surface area contributed by atoms with Gasteiger partial charge < -0.3 is 5.32 Å². The first-order valence-electron chi connectivity index (χ1n) is 6.21. The maximum Gasteiger partial charge on any atom is 0.0574 e. The van der Waals surface area contributed by atoms with E-state index in [1.165, 1.54) is 25.7 Å². The number of nitrogens with one attached hydrogen (secondary N) is 1. The van der Waals surface area contributed by atoms with Crippen molar-refractivity contribution in [2.75, 3.05) is 6.54 Å². The van der Waals surface area contributed by atoms with Crippen LogP contribution in [0.4, 0.5) is 0 Å². The molecule has 0 aromatic carbocycles. The Kier molecular flexibility index (Phi) is 4.90. The summed E-state index contributed by atoms with van der Waals surface area (Å²) >= 11 is 0. The van der Waals surface area contributed by atoms with Crippen molar-refractivity contribution in [3.8, 4) is 0 Å². The van der Waals surface area contributed by atoms with E-state index in [9.17, 15) is 0 Å². The predicted octanol–water partition coefficient (Wildman–Crippen LogP) is 2.59. The monoisotopic (exact) mass is 198 g/mol. The molecule has 1 saturated heterocycles. The Morgan fingerprint density at radius 2 is 2.07 bits per heavy atom. The van der Waals surface area contributed by atoms with Crippen LogP contribution in [0.25, 0.3) is 0 Å². The Labute approximate surface area is 89.1 Å². The van der Waals surface area contributed by atoms with E-state index < -0.39 is 0 Å². The third-order valence-corrected chi connectivity index (χ3v) is 3.45. The molecule has 0 spiro atoms. The molecule has 1 fully saturated rings. The fourth-order valence-corrected chi connectivity index (χ4v) is 2.61. The zero-order valence-electron chi connectivity index (χ0n) is 10.2. The number of nitrogens with zero attached hydrogens (tertiary/aromatic N) is 1. The Balaban J connectivity index is 2.49. The molecule has 0 bridgehead atoms. The molecule has 0 amide bonds. The molecule has 0 aromatic rings. The molecule has 0 aromatic heterocycles. The maximum absolute atomic E-state index is 3.54. The summed E-state index contributed by atoms with van der Waals surface area (Å²) in [7, 11) is 0. The lowest BCUT2D eigenvalue weighted by molar-refractivity contribution is 0.128. The fourth-order valence-electron chi connectivity index (χ4n) is 2.61. The van der Waals surface area contributed by atoms with Gasteiger partial charge in [-0.3, -0.25) is 4.90 Å². The first-order valence-corrected chi connectivity index (χ1v) is 6.21. The van der Waals surface area contributed by atoms with Crippen molar-refractivity contribution < 1.29 is 0 Å². The van der Waals surface area contributed by atoms with E-state index in [1.807, 2.05) is 0 Å². The van der Waals surface area contributed by atoms with Crippen molar-refractivity contribution in [3.63, 3.8) is 0 Å². The van der Waals surface area contributed by atoms with Crippen LogP contribution in [0.3, 0.4) is 0 Å². The Morgan fingerprint density at radius 1 is 1.36 bits per heavy atom. The third-order valence-electron chi connectivity index (χ3n) is 3.45. The van der Waals surface area contributed by atoms with Crippen LogP contribution >= 0.6 is 0 Å². The van der Waals surface area contributed by atoms with Crippen LogP contribution in [-0.2, 0) is 0 Å². The van der Waals surface area contributed by atoms with E-state index in [1.54, 1.807) is 0 Å². The van der Waals surface area contributed by atoms with Crippen molar-refractivity contribution in [2.24, 2.45) is 0 Å². The number of unbranched alkanes of at least 4 members (excludes halogenated alkanes) is 1. The van der Waals surface area contributed by atoms with Crippen LogP contribution in [-0.4, -0.2) is 29.7 Å². The van der Waals surface area contributed by atoms with Crippen LogP contribution in [0.15, 0.2) is 0 Å². The van der Waals surface area contributed by atoms with Gasteiger partial charge in [0.2, 0.25) is 0 Å². The van der Waals surface area contributed by atoms with Gasteiger partial charge in [0.25, 0.3) is 0 Å². The summed E-state index contributed by atoms with van der Waals surface area (Å²) in [5.74, 6) is 0. The first kappa shape index (κ1) is 12.0. The van der Waals surface area contributed by atoms with Gasteiger partial charge in [0.15, 0.2) is 0 Å². The van der Waals surface area contributed by atoms with Gasteiger partial charge in [-0.05, 0) is 26.7 Å². The maximum atomic E-state index is 3.54. The SMILES string of the molecule is CCCCC(CC)N1C(C)CNC1C. The number of hydrogen-bond acceptors (Lipinski definition) is 2. The van der Waals surface area contributed by atoms with Gasteiger partial charge in [0.1, 0.15) is 0 Å². The second-order valence-electron chi connectivity index (χ2n) is 4.58. The van der Waals surface area contributed by atoms with E-state index in [2.05, 4.69) is 37.9 Å². The van der Waals surface area contributed by atoms with Crippen molar-refractivity contribution in [3.05, 3.63) is 0 Å². The van der Waals surface area contributed by atoms with E-state index in [-0.39, 0.29) is 0 Å². The highest BCUT2D eigenvalue weighted by atomic mass is 15.4. The summed E-state index contributed by atoms with van der Waals surface area (Å²) in [5.41, 5.74) is 0. The lowest BCUT2D eigenvalue weighted by Crippen LogP contribution is -2.43. The largest absolute Gasteiger partial charge is 0.300 e. The van der Waals surface area contributed by atoms with Gasteiger partial charge in [-0.25, -0.2) is 0 Å². The molecular weight excluding hydrogens is 172 g/mol. The topological polar surface area (TPSA) is 15.3 Å². The third kappa shape index (κ3) is 2.71. The molecule has 0 saturated carbocycles. The smallest absolute Gasteiger partial charge is 0.0574 e. The summed E-state index contributed by atoms with van der Waals surface area (Å²) in [6.45, 7) is 10.4. The molecule has 14 heavy (non-hydrogen) atoms. The van der Waals surface area contributed by atoms with Crippen LogP contribution in [0.5, 0.6) is 0 Å². The molecule has 1 aliphatic rings. The molecule has 1 aliphatic heterocycles. The Hall–Kier alpha value is -0.0800. The summed E-state index contributed by atoms with van der Waals surface area (Å²) in [5, 5.41) is 3.54. The second-order valence-corrected chi connectivity index (χ2v) is 4.58. The molecule has 1 rings (SSSR count). The molecule has 0 radical (unpaired) electrons. The average molecular weight is 198 g/mol. The molecule has 1 heterocycles. The zero-order chi connectivity index (χ0) is 10.6. The van der Waals surface area contributed by atoms with Crippen LogP contribution in [0.2, 0.25) is 0 Å². The highest BCUT2D eigenvalue weighted by molar-refractivity contribution is 4.86. The number of rotatable bonds is 5. The van der Waals surface area contributed by atoms with Crippen molar-refractivity contribution in [2.45, 2.75) is 71.6 Å². The molecule has 84 valence electrons. The lowest BCUT2D eigenvalue weighted by atomic mass is 10.0. The molecule has 2 nitrogen and oxygen atoms in total. The lowest BCUT2D eigenvalue weighted by Gasteiger charge is -2.33. The molecule has 0 aliphatic carbocycles. The Morgan fingerprint density at radius 3 is 2.50 bits per heavy atom. The van der Waals surface area contributed by atoms with Crippen molar-refractivity contribution >= 4 is 0 Å². The minimum absolute atomic E-state index is 0.576. The van der Waals surface area contributed by atoms with E-state index in [4.69, 9.17) is 0 Å². The van der Waals surface area contributed by atoms with Crippen LogP contribution in [0, 0.1) is 0 Å². The van der Waals surface area contributed by atoms with Gasteiger partial charge in [-0.1, -0.05) is 26.7 Å².